The SMILES string of the molecule is Cc1ccc(S(=O)(=O)OC[C@@H]2CN(C)C(=O)N2C)cc1. The van der Waals surface area contributed by atoms with Gasteiger partial charge in [0, 0.05) is 20.6 Å². The van der Waals surface area contributed by atoms with Crippen molar-refractivity contribution in [3.63, 3.8) is 0 Å². The van der Waals surface area contributed by atoms with E-state index in [0.717, 1.165) is 5.56 Å². The summed E-state index contributed by atoms with van der Waals surface area (Å²) < 4.78 is 29.1. The highest BCUT2D eigenvalue weighted by atomic mass is 32.2. The molecular weight excluding hydrogens is 280 g/mol. The van der Waals surface area contributed by atoms with Gasteiger partial charge in [-0.05, 0) is 19.1 Å². The van der Waals surface area contributed by atoms with Crippen molar-refractivity contribution in [2.24, 2.45) is 0 Å². The van der Waals surface area contributed by atoms with Gasteiger partial charge in [-0.2, -0.15) is 8.42 Å². The molecule has 1 atom stereocenters. The van der Waals surface area contributed by atoms with Crippen molar-refractivity contribution < 1.29 is 17.4 Å². The highest BCUT2D eigenvalue weighted by Crippen LogP contribution is 2.17. The molecule has 2 amide bonds. The van der Waals surface area contributed by atoms with E-state index in [1.165, 1.54) is 21.9 Å². The van der Waals surface area contributed by atoms with Gasteiger partial charge in [0.2, 0.25) is 0 Å². The summed E-state index contributed by atoms with van der Waals surface area (Å²) in [4.78, 5) is 14.7. The van der Waals surface area contributed by atoms with Gasteiger partial charge >= 0.3 is 6.03 Å². The average molecular weight is 298 g/mol. The molecule has 1 aliphatic heterocycles. The minimum Gasteiger partial charge on any atom is -0.326 e. The van der Waals surface area contributed by atoms with Crippen LogP contribution in [-0.4, -0.2) is 57.5 Å². The first-order valence-corrected chi connectivity index (χ1v) is 7.66. The molecule has 0 spiro atoms. The van der Waals surface area contributed by atoms with Crippen molar-refractivity contribution in [1.82, 2.24) is 9.80 Å². The third-order valence-electron chi connectivity index (χ3n) is 3.39. The second-order valence-electron chi connectivity index (χ2n) is 4.98. The number of aryl methyl sites for hydroxylation is 1. The Morgan fingerprint density at radius 1 is 1.25 bits per heavy atom. The summed E-state index contributed by atoms with van der Waals surface area (Å²) in [7, 11) is -0.468. The number of carbonyl (C=O) groups is 1. The number of likely N-dealkylation sites (N-methyl/N-ethyl adjacent to an activating group) is 2. The van der Waals surface area contributed by atoms with Gasteiger partial charge in [0.1, 0.15) is 0 Å². The Labute approximate surface area is 119 Å². The number of benzene rings is 1. The molecular formula is C13H18N2O4S. The van der Waals surface area contributed by atoms with Crippen LogP contribution in [0.4, 0.5) is 4.79 Å². The molecule has 0 aliphatic carbocycles. The van der Waals surface area contributed by atoms with Crippen molar-refractivity contribution in [2.75, 3.05) is 27.2 Å². The maximum absolute atomic E-state index is 12.0. The Morgan fingerprint density at radius 2 is 1.85 bits per heavy atom. The van der Waals surface area contributed by atoms with E-state index in [-0.39, 0.29) is 23.6 Å². The normalized spacial score (nSPS) is 19.8. The highest BCUT2D eigenvalue weighted by molar-refractivity contribution is 7.86. The van der Waals surface area contributed by atoms with Crippen molar-refractivity contribution in [3.8, 4) is 0 Å². The summed E-state index contributed by atoms with van der Waals surface area (Å²) in [6.45, 7) is 2.30. The molecule has 0 radical (unpaired) electrons. The van der Waals surface area contributed by atoms with Crippen LogP contribution in [0.2, 0.25) is 0 Å². The number of carbonyl (C=O) groups excluding carboxylic acids is 1. The molecule has 110 valence electrons. The van der Waals surface area contributed by atoms with Crippen LogP contribution < -0.4 is 0 Å². The summed E-state index contributed by atoms with van der Waals surface area (Å²) in [6.07, 6.45) is 0. The molecule has 1 aromatic rings. The minimum absolute atomic E-state index is 0.0389. The summed E-state index contributed by atoms with van der Waals surface area (Å²) in [5, 5.41) is 0. The van der Waals surface area contributed by atoms with Gasteiger partial charge in [-0.25, -0.2) is 4.79 Å². The minimum atomic E-state index is -3.78. The fourth-order valence-electron chi connectivity index (χ4n) is 2.05. The van der Waals surface area contributed by atoms with Crippen molar-refractivity contribution >= 4 is 16.1 Å². The highest BCUT2D eigenvalue weighted by Gasteiger charge is 2.33. The fourth-order valence-corrected chi connectivity index (χ4v) is 2.99. The lowest BCUT2D eigenvalue weighted by Crippen LogP contribution is -2.34. The van der Waals surface area contributed by atoms with Gasteiger partial charge < -0.3 is 9.80 Å². The zero-order valence-electron chi connectivity index (χ0n) is 11.7. The third kappa shape index (κ3) is 2.94. The molecule has 20 heavy (non-hydrogen) atoms. The number of nitrogens with zero attached hydrogens (tertiary/aromatic N) is 2. The standard InChI is InChI=1S/C13H18N2O4S/c1-10-4-6-12(7-5-10)20(17,18)19-9-11-8-14(2)13(16)15(11)3/h4-7,11H,8-9H2,1-3H3/t11-/m0/s1. The van der Waals surface area contributed by atoms with E-state index in [1.807, 2.05) is 6.92 Å². The van der Waals surface area contributed by atoms with E-state index in [4.69, 9.17) is 4.18 Å². The van der Waals surface area contributed by atoms with Gasteiger partial charge in [-0.15, -0.1) is 0 Å². The first-order chi connectivity index (χ1) is 9.31. The van der Waals surface area contributed by atoms with Crippen LogP contribution >= 0.6 is 0 Å². The Bertz CT molecular complexity index is 597. The van der Waals surface area contributed by atoms with Crippen LogP contribution in [0.5, 0.6) is 0 Å². The van der Waals surface area contributed by atoms with Crippen LogP contribution in [0.1, 0.15) is 5.56 Å². The molecule has 1 fully saturated rings. The van der Waals surface area contributed by atoms with Gasteiger partial charge in [0.25, 0.3) is 10.1 Å². The molecule has 1 saturated heterocycles. The molecule has 0 unspecified atom stereocenters. The molecule has 7 heteroatoms. The van der Waals surface area contributed by atoms with Crippen molar-refractivity contribution in [2.45, 2.75) is 17.9 Å². The molecule has 2 rings (SSSR count). The van der Waals surface area contributed by atoms with Gasteiger partial charge in [0.05, 0.1) is 17.5 Å². The molecule has 0 aromatic heterocycles. The lowest BCUT2D eigenvalue weighted by molar-refractivity contribution is 0.188. The molecule has 1 heterocycles. The average Bonchev–Trinajstić information content (AvgIpc) is 2.64. The Kier molecular flexibility index (Phi) is 4.01. The molecule has 0 N–H and O–H groups in total. The van der Waals surface area contributed by atoms with E-state index in [0.29, 0.717) is 6.54 Å². The van der Waals surface area contributed by atoms with E-state index in [2.05, 4.69) is 0 Å². The van der Waals surface area contributed by atoms with E-state index in [9.17, 15) is 13.2 Å². The second kappa shape index (κ2) is 5.41. The monoisotopic (exact) mass is 298 g/mol. The van der Waals surface area contributed by atoms with E-state index >= 15 is 0 Å². The van der Waals surface area contributed by atoms with Gasteiger partial charge in [-0.3, -0.25) is 4.18 Å². The number of hydrogen-bond donors (Lipinski definition) is 0. The number of amides is 2. The van der Waals surface area contributed by atoms with Crippen LogP contribution in [0, 0.1) is 6.92 Å². The number of hydrogen-bond acceptors (Lipinski definition) is 4. The molecule has 1 aliphatic rings. The van der Waals surface area contributed by atoms with Crippen molar-refractivity contribution in [3.05, 3.63) is 29.8 Å². The Balaban J connectivity index is 2.03. The van der Waals surface area contributed by atoms with Crippen molar-refractivity contribution in [1.29, 1.82) is 0 Å². The largest absolute Gasteiger partial charge is 0.326 e. The summed E-state index contributed by atoms with van der Waals surface area (Å²) >= 11 is 0. The van der Waals surface area contributed by atoms with Crippen LogP contribution in [-0.2, 0) is 14.3 Å². The fraction of sp³-hybridized carbons (Fsp3) is 0.462. The maximum atomic E-state index is 12.0. The van der Waals surface area contributed by atoms with Crippen LogP contribution in [0.25, 0.3) is 0 Å². The smallest absolute Gasteiger partial charge is 0.319 e. The van der Waals surface area contributed by atoms with E-state index in [1.54, 1.807) is 26.2 Å². The lowest BCUT2D eigenvalue weighted by atomic mass is 10.2. The first kappa shape index (κ1) is 14.8. The van der Waals surface area contributed by atoms with Gasteiger partial charge in [0.15, 0.2) is 0 Å². The third-order valence-corrected chi connectivity index (χ3v) is 4.68. The topological polar surface area (TPSA) is 66.9 Å². The van der Waals surface area contributed by atoms with Crippen LogP contribution in [0.15, 0.2) is 29.2 Å². The number of rotatable bonds is 4. The quantitative estimate of drug-likeness (QED) is 0.780. The van der Waals surface area contributed by atoms with E-state index < -0.39 is 10.1 Å². The Morgan fingerprint density at radius 3 is 2.35 bits per heavy atom. The predicted molar refractivity (Wildman–Crippen MR) is 73.9 cm³/mol. The maximum Gasteiger partial charge on any atom is 0.319 e. The summed E-state index contributed by atoms with van der Waals surface area (Å²) in [5.74, 6) is 0. The predicted octanol–water partition coefficient (Wildman–Crippen LogP) is 1.07. The first-order valence-electron chi connectivity index (χ1n) is 6.25. The molecule has 0 saturated carbocycles. The number of urea groups is 1. The van der Waals surface area contributed by atoms with Gasteiger partial charge in [-0.1, -0.05) is 17.7 Å². The molecule has 6 nitrogen and oxygen atoms in total. The molecule has 0 bridgehead atoms. The van der Waals surface area contributed by atoms with Crippen LogP contribution in [0.3, 0.4) is 0 Å². The summed E-state index contributed by atoms with van der Waals surface area (Å²) in [5.41, 5.74) is 0.978. The second-order valence-corrected chi connectivity index (χ2v) is 6.59. The zero-order valence-corrected chi connectivity index (χ0v) is 12.6. The lowest BCUT2D eigenvalue weighted by Gasteiger charge is -2.17. The zero-order chi connectivity index (χ0) is 14.9. The Hall–Kier alpha value is -1.60. The summed E-state index contributed by atoms with van der Waals surface area (Å²) in [6, 6.07) is 6.07. The molecule has 1 aromatic carbocycles.